The molecule has 13 heavy (non-hydrogen) atoms. The van der Waals surface area contributed by atoms with Gasteiger partial charge in [-0.2, -0.15) is 0 Å². The van der Waals surface area contributed by atoms with Crippen LogP contribution in [0.2, 0.25) is 0 Å². The van der Waals surface area contributed by atoms with Gasteiger partial charge in [0.15, 0.2) is 0 Å². The number of esters is 1. The van der Waals surface area contributed by atoms with Gasteiger partial charge in [-0.1, -0.05) is 12.7 Å². The zero-order chi connectivity index (χ0) is 10.3. The lowest BCUT2D eigenvalue weighted by Crippen LogP contribution is -2.02. The molecule has 0 fully saturated rings. The highest BCUT2D eigenvalue weighted by Crippen LogP contribution is 1.95. The molecule has 0 rings (SSSR count). The van der Waals surface area contributed by atoms with Crippen molar-refractivity contribution in [3.63, 3.8) is 0 Å². The van der Waals surface area contributed by atoms with Crippen LogP contribution < -0.4 is 0 Å². The summed E-state index contributed by atoms with van der Waals surface area (Å²) in [6, 6.07) is 0. The van der Waals surface area contributed by atoms with Crippen molar-refractivity contribution in [2.75, 3.05) is 6.61 Å². The van der Waals surface area contributed by atoms with Gasteiger partial charge in [0.25, 0.3) is 0 Å². The van der Waals surface area contributed by atoms with Crippen molar-refractivity contribution < 1.29 is 19.4 Å². The van der Waals surface area contributed by atoms with Crippen LogP contribution in [-0.2, 0) is 14.3 Å². The van der Waals surface area contributed by atoms with Crippen LogP contribution in [-0.4, -0.2) is 23.7 Å². The van der Waals surface area contributed by atoms with Crippen molar-refractivity contribution in [1.82, 2.24) is 0 Å². The van der Waals surface area contributed by atoms with Crippen LogP contribution in [0.25, 0.3) is 0 Å². The zero-order valence-electron chi connectivity index (χ0n) is 7.45. The summed E-state index contributed by atoms with van der Waals surface area (Å²) < 4.78 is 4.63. The first kappa shape index (κ1) is 11.4. The van der Waals surface area contributed by atoms with Gasteiger partial charge in [-0.3, -0.25) is 0 Å². The van der Waals surface area contributed by atoms with Crippen molar-refractivity contribution >= 4 is 11.9 Å². The molecule has 0 bridgehead atoms. The number of hydrogen-bond acceptors (Lipinski definition) is 3. The second-order valence-electron chi connectivity index (χ2n) is 2.35. The molecule has 0 aromatic rings. The fraction of sp³-hybridized carbons (Fsp3) is 0.333. The van der Waals surface area contributed by atoms with E-state index in [1.165, 1.54) is 13.0 Å². The number of carbonyl (C=O) groups excluding carboxylic acids is 1. The molecule has 1 N–H and O–H groups in total. The Balaban J connectivity index is 3.67. The van der Waals surface area contributed by atoms with E-state index in [4.69, 9.17) is 5.11 Å². The molecule has 0 aliphatic heterocycles. The Morgan fingerprint density at radius 1 is 1.54 bits per heavy atom. The van der Waals surface area contributed by atoms with Crippen LogP contribution in [0.5, 0.6) is 0 Å². The third-order valence-corrected chi connectivity index (χ3v) is 1.32. The second kappa shape index (κ2) is 5.99. The Hall–Kier alpha value is -1.58. The molecule has 0 saturated heterocycles. The first-order valence-corrected chi connectivity index (χ1v) is 3.77. The Bertz CT molecular complexity index is 240. The van der Waals surface area contributed by atoms with Gasteiger partial charge < -0.3 is 9.84 Å². The minimum absolute atomic E-state index is 0.176. The quantitative estimate of drug-likeness (QED) is 0.395. The van der Waals surface area contributed by atoms with Gasteiger partial charge in [-0.15, -0.1) is 0 Å². The van der Waals surface area contributed by atoms with E-state index in [1.807, 2.05) is 0 Å². The molecular weight excluding hydrogens is 172 g/mol. The van der Waals surface area contributed by atoms with E-state index in [9.17, 15) is 9.59 Å². The lowest BCUT2D eigenvalue weighted by atomic mass is 10.2. The van der Waals surface area contributed by atoms with Crippen molar-refractivity contribution in [1.29, 1.82) is 0 Å². The van der Waals surface area contributed by atoms with Gasteiger partial charge in [-0.25, -0.2) is 9.59 Å². The summed E-state index contributed by atoms with van der Waals surface area (Å²) in [6.07, 6.45) is 2.96. The summed E-state index contributed by atoms with van der Waals surface area (Å²) in [5, 5.41) is 8.44. The average Bonchev–Trinajstić information content (AvgIpc) is 2.11. The van der Waals surface area contributed by atoms with Crippen LogP contribution in [0.15, 0.2) is 24.3 Å². The fourth-order valence-corrected chi connectivity index (χ4v) is 0.581. The molecule has 0 saturated carbocycles. The lowest BCUT2D eigenvalue weighted by Gasteiger charge is -1.98. The van der Waals surface area contributed by atoms with E-state index >= 15 is 0 Å². The number of carboxylic acids is 1. The Morgan fingerprint density at radius 3 is 2.62 bits per heavy atom. The normalized spacial score (nSPS) is 10.7. The first-order valence-electron chi connectivity index (χ1n) is 3.77. The highest BCUT2D eigenvalue weighted by Gasteiger charge is 1.98. The van der Waals surface area contributed by atoms with E-state index in [0.29, 0.717) is 6.42 Å². The van der Waals surface area contributed by atoms with E-state index in [1.54, 1.807) is 0 Å². The summed E-state index contributed by atoms with van der Waals surface area (Å²) in [5.41, 5.74) is 0.245. The van der Waals surface area contributed by atoms with Crippen molar-refractivity contribution in [3.05, 3.63) is 24.3 Å². The van der Waals surface area contributed by atoms with Crippen LogP contribution in [0.3, 0.4) is 0 Å². The Morgan fingerprint density at radius 2 is 2.15 bits per heavy atom. The zero-order valence-corrected chi connectivity index (χ0v) is 7.45. The lowest BCUT2D eigenvalue weighted by molar-refractivity contribution is -0.137. The predicted octanol–water partition coefficient (Wildman–Crippen LogP) is 1.14. The molecular formula is C9H12O4. The number of ether oxygens (including phenoxy) is 1. The van der Waals surface area contributed by atoms with Crippen molar-refractivity contribution in [3.8, 4) is 0 Å². The highest BCUT2D eigenvalue weighted by atomic mass is 16.5. The molecule has 0 aromatic heterocycles. The highest BCUT2D eigenvalue weighted by molar-refractivity contribution is 5.85. The van der Waals surface area contributed by atoms with E-state index in [0.717, 1.165) is 6.08 Å². The largest absolute Gasteiger partial charge is 0.478 e. The standard InChI is InChI=1S/C9H12O4/c1-3-8(10)13-6-4-5-7(2)9(11)12/h3,5H,1,4,6H2,2H3,(H,11,12). The topological polar surface area (TPSA) is 63.6 Å². The molecule has 72 valence electrons. The minimum atomic E-state index is -0.963. The molecule has 0 heterocycles. The van der Waals surface area contributed by atoms with Gasteiger partial charge in [0.05, 0.1) is 6.61 Å². The number of rotatable bonds is 5. The number of carbonyl (C=O) groups is 2. The number of carboxylic acid groups (broad SMARTS) is 1. The molecule has 0 aliphatic rings. The molecule has 0 spiro atoms. The minimum Gasteiger partial charge on any atom is -0.478 e. The van der Waals surface area contributed by atoms with Gasteiger partial charge in [0.1, 0.15) is 0 Å². The fourth-order valence-electron chi connectivity index (χ4n) is 0.581. The molecule has 0 atom stereocenters. The Labute approximate surface area is 76.5 Å². The van der Waals surface area contributed by atoms with Crippen LogP contribution in [0.1, 0.15) is 13.3 Å². The molecule has 0 aliphatic carbocycles. The summed E-state index contributed by atoms with van der Waals surface area (Å²) in [5.74, 6) is -1.46. The third-order valence-electron chi connectivity index (χ3n) is 1.32. The molecule has 4 heteroatoms. The van der Waals surface area contributed by atoms with E-state index in [-0.39, 0.29) is 12.2 Å². The van der Waals surface area contributed by atoms with E-state index in [2.05, 4.69) is 11.3 Å². The summed E-state index contributed by atoms with van der Waals surface area (Å²) in [6.45, 7) is 4.88. The van der Waals surface area contributed by atoms with Crippen molar-refractivity contribution in [2.24, 2.45) is 0 Å². The molecule has 0 aromatic carbocycles. The van der Waals surface area contributed by atoms with Gasteiger partial charge in [0, 0.05) is 18.1 Å². The monoisotopic (exact) mass is 184 g/mol. The molecule has 0 amide bonds. The second-order valence-corrected chi connectivity index (χ2v) is 2.35. The smallest absolute Gasteiger partial charge is 0.330 e. The third kappa shape index (κ3) is 5.66. The predicted molar refractivity (Wildman–Crippen MR) is 47.2 cm³/mol. The average molecular weight is 184 g/mol. The molecule has 0 unspecified atom stereocenters. The number of hydrogen-bond donors (Lipinski definition) is 1. The summed E-state index contributed by atoms with van der Waals surface area (Å²) in [4.78, 5) is 20.8. The Kier molecular flexibility index (Phi) is 5.27. The maximum absolute atomic E-state index is 10.5. The van der Waals surface area contributed by atoms with Crippen LogP contribution >= 0.6 is 0 Å². The summed E-state index contributed by atoms with van der Waals surface area (Å²) >= 11 is 0. The first-order chi connectivity index (χ1) is 6.07. The van der Waals surface area contributed by atoms with E-state index < -0.39 is 11.9 Å². The van der Waals surface area contributed by atoms with Gasteiger partial charge in [0.2, 0.25) is 0 Å². The molecule has 4 nitrogen and oxygen atoms in total. The van der Waals surface area contributed by atoms with Crippen LogP contribution in [0, 0.1) is 0 Å². The van der Waals surface area contributed by atoms with Crippen LogP contribution in [0.4, 0.5) is 0 Å². The van der Waals surface area contributed by atoms with Crippen molar-refractivity contribution in [2.45, 2.75) is 13.3 Å². The molecule has 0 radical (unpaired) electrons. The summed E-state index contributed by atoms with van der Waals surface area (Å²) in [7, 11) is 0. The maximum Gasteiger partial charge on any atom is 0.330 e. The van der Waals surface area contributed by atoms with Gasteiger partial charge in [-0.05, 0) is 6.92 Å². The van der Waals surface area contributed by atoms with Gasteiger partial charge >= 0.3 is 11.9 Å². The maximum atomic E-state index is 10.5. The SMILES string of the molecule is C=CC(=O)OCCC=C(C)C(=O)O. The number of aliphatic carboxylic acids is 1.